The van der Waals surface area contributed by atoms with Crippen LogP contribution in [0.4, 0.5) is 5.69 Å². The molecular formula is C28H29Cl2N3O4. The summed E-state index contributed by atoms with van der Waals surface area (Å²) in [5.74, 6) is 0.483. The van der Waals surface area contributed by atoms with Gasteiger partial charge in [-0.3, -0.25) is 9.59 Å². The Balaban J connectivity index is 1.52. The van der Waals surface area contributed by atoms with Crippen molar-refractivity contribution in [1.29, 1.82) is 0 Å². The smallest absolute Gasteiger partial charge is 0.240 e. The lowest BCUT2D eigenvalue weighted by Gasteiger charge is -2.13. The van der Waals surface area contributed by atoms with E-state index in [1.165, 1.54) is 6.21 Å². The number of nitrogens with zero attached hydrogens (tertiary/aromatic N) is 1. The molecule has 0 atom stereocenters. The number of aryl methyl sites for hydroxylation is 1. The zero-order valence-electron chi connectivity index (χ0n) is 20.9. The Kier molecular flexibility index (Phi) is 10.4. The number of carbonyl (C=O) groups excluding carboxylic acids is 2. The van der Waals surface area contributed by atoms with Crippen molar-refractivity contribution in [3.05, 3.63) is 86.9 Å². The van der Waals surface area contributed by atoms with Crippen molar-refractivity contribution in [1.82, 2.24) is 5.43 Å². The molecule has 2 N–H and O–H groups in total. The maximum atomic E-state index is 12.2. The molecule has 0 fully saturated rings. The number of anilines is 1. The first kappa shape index (κ1) is 28.0. The maximum Gasteiger partial charge on any atom is 0.240 e. The molecular weight excluding hydrogens is 513 g/mol. The third-order valence-corrected chi connectivity index (χ3v) is 6.11. The van der Waals surface area contributed by atoms with Crippen LogP contribution in [0.25, 0.3) is 0 Å². The van der Waals surface area contributed by atoms with Crippen LogP contribution in [0.2, 0.25) is 10.0 Å². The van der Waals surface area contributed by atoms with Crippen molar-refractivity contribution < 1.29 is 19.1 Å². The van der Waals surface area contributed by atoms with E-state index in [1.807, 2.05) is 45.0 Å². The number of hydrazone groups is 1. The summed E-state index contributed by atoms with van der Waals surface area (Å²) >= 11 is 12.2. The van der Waals surface area contributed by atoms with E-state index < -0.39 is 0 Å². The fourth-order valence-electron chi connectivity index (χ4n) is 3.35. The first-order chi connectivity index (χ1) is 17.8. The van der Waals surface area contributed by atoms with Gasteiger partial charge in [-0.1, -0.05) is 41.4 Å². The number of halogens is 2. The van der Waals surface area contributed by atoms with E-state index in [4.69, 9.17) is 32.7 Å². The van der Waals surface area contributed by atoms with Crippen LogP contribution in [-0.2, 0) is 16.2 Å². The minimum atomic E-state index is -0.364. The molecule has 7 nitrogen and oxygen atoms in total. The van der Waals surface area contributed by atoms with Crippen LogP contribution in [0.15, 0.2) is 59.7 Å². The Morgan fingerprint density at radius 3 is 2.49 bits per heavy atom. The monoisotopic (exact) mass is 541 g/mol. The number of hydrogen-bond donors (Lipinski definition) is 2. The Morgan fingerprint density at radius 1 is 0.946 bits per heavy atom. The molecule has 3 aromatic rings. The highest BCUT2D eigenvalue weighted by Crippen LogP contribution is 2.30. The summed E-state index contributed by atoms with van der Waals surface area (Å²) in [6, 6.07) is 16.2. The molecule has 37 heavy (non-hydrogen) atoms. The summed E-state index contributed by atoms with van der Waals surface area (Å²) in [5.41, 5.74) is 6.78. The van der Waals surface area contributed by atoms with Crippen LogP contribution in [0.1, 0.15) is 42.0 Å². The fourth-order valence-corrected chi connectivity index (χ4v) is 3.81. The van der Waals surface area contributed by atoms with E-state index in [2.05, 4.69) is 15.8 Å². The first-order valence-electron chi connectivity index (χ1n) is 11.8. The Labute approximate surface area is 226 Å². The van der Waals surface area contributed by atoms with Crippen LogP contribution in [-0.4, -0.2) is 24.6 Å². The Morgan fingerprint density at radius 2 is 1.73 bits per heavy atom. The number of amides is 2. The molecule has 0 unspecified atom stereocenters. The normalized spacial score (nSPS) is 10.8. The van der Waals surface area contributed by atoms with Gasteiger partial charge in [0.1, 0.15) is 6.61 Å². The molecule has 0 spiro atoms. The summed E-state index contributed by atoms with van der Waals surface area (Å²) in [6.07, 6.45) is 1.56. The number of nitrogens with one attached hydrogen (secondary N) is 2. The topological polar surface area (TPSA) is 89.0 Å². The van der Waals surface area contributed by atoms with Crippen LogP contribution < -0.4 is 20.2 Å². The van der Waals surface area contributed by atoms with Crippen molar-refractivity contribution in [2.45, 2.75) is 40.2 Å². The molecule has 194 valence electrons. The van der Waals surface area contributed by atoms with Gasteiger partial charge in [0.05, 0.1) is 12.8 Å². The van der Waals surface area contributed by atoms with Gasteiger partial charge in [-0.25, -0.2) is 5.43 Å². The highest BCUT2D eigenvalue weighted by Gasteiger charge is 2.10. The lowest BCUT2D eigenvalue weighted by molar-refractivity contribution is -0.124. The van der Waals surface area contributed by atoms with E-state index in [-0.39, 0.29) is 31.3 Å². The van der Waals surface area contributed by atoms with Gasteiger partial charge in [-0.2, -0.15) is 5.10 Å². The van der Waals surface area contributed by atoms with Crippen LogP contribution in [0.3, 0.4) is 0 Å². The SMILES string of the molecule is CCOc1cc(C=NNC(=O)CCC(=O)Nc2cccc(C)c2C)ccc1OCc1ccc(Cl)cc1Cl. The number of benzene rings is 3. The molecule has 0 aliphatic rings. The van der Waals surface area contributed by atoms with Gasteiger partial charge >= 0.3 is 0 Å². The minimum Gasteiger partial charge on any atom is -0.490 e. The lowest BCUT2D eigenvalue weighted by Crippen LogP contribution is -2.21. The summed E-state index contributed by atoms with van der Waals surface area (Å²) in [7, 11) is 0. The summed E-state index contributed by atoms with van der Waals surface area (Å²) in [5, 5.41) is 7.91. The summed E-state index contributed by atoms with van der Waals surface area (Å²) in [6.45, 7) is 6.48. The molecule has 0 heterocycles. The molecule has 0 radical (unpaired) electrons. The second-order valence-corrected chi connectivity index (χ2v) is 9.10. The first-order valence-corrected chi connectivity index (χ1v) is 12.5. The highest BCUT2D eigenvalue weighted by atomic mass is 35.5. The average Bonchev–Trinajstić information content (AvgIpc) is 2.86. The van der Waals surface area contributed by atoms with Gasteiger partial charge in [0.15, 0.2) is 11.5 Å². The predicted molar refractivity (Wildman–Crippen MR) is 148 cm³/mol. The van der Waals surface area contributed by atoms with E-state index >= 15 is 0 Å². The van der Waals surface area contributed by atoms with E-state index in [1.54, 1.807) is 30.3 Å². The summed E-state index contributed by atoms with van der Waals surface area (Å²) < 4.78 is 11.6. The van der Waals surface area contributed by atoms with Crippen molar-refractivity contribution >= 4 is 46.9 Å². The molecule has 2 amide bonds. The third kappa shape index (κ3) is 8.51. The van der Waals surface area contributed by atoms with Crippen LogP contribution >= 0.6 is 23.2 Å². The van der Waals surface area contributed by atoms with Gasteiger partial charge < -0.3 is 14.8 Å². The Bertz CT molecular complexity index is 1290. The predicted octanol–water partition coefficient (Wildman–Crippen LogP) is 6.46. The van der Waals surface area contributed by atoms with Crippen molar-refractivity contribution in [3.63, 3.8) is 0 Å². The Hall–Kier alpha value is -3.55. The van der Waals surface area contributed by atoms with E-state index in [0.717, 1.165) is 22.4 Å². The molecule has 9 heteroatoms. The number of rotatable bonds is 11. The number of ether oxygens (including phenoxy) is 2. The molecule has 0 aromatic heterocycles. The lowest BCUT2D eigenvalue weighted by atomic mass is 10.1. The molecule has 3 rings (SSSR count). The van der Waals surface area contributed by atoms with Gasteiger partial charge in [0.25, 0.3) is 0 Å². The number of carbonyl (C=O) groups is 2. The maximum absolute atomic E-state index is 12.2. The van der Waals surface area contributed by atoms with Gasteiger partial charge in [0.2, 0.25) is 11.8 Å². The molecule has 0 saturated heterocycles. The molecule has 0 bridgehead atoms. The van der Waals surface area contributed by atoms with Crippen molar-refractivity contribution in [2.24, 2.45) is 5.10 Å². The minimum absolute atomic E-state index is 0.0122. The van der Waals surface area contributed by atoms with Crippen LogP contribution in [0.5, 0.6) is 11.5 Å². The van der Waals surface area contributed by atoms with Gasteiger partial charge in [-0.15, -0.1) is 0 Å². The standard InChI is InChI=1S/C28H29Cl2N3O4/c1-4-36-26-14-20(8-11-25(26)37-17-21-9-10-22(29)15-23(21)30)16-31-33-28(35)13-12-27(34)32-24-7-5-6-18(2)19(24)3/h5-11,14-16H,4,12-13,17H2,1-3H3,(H,32,34)(H,33,35). The largest absolute Gasteiger partial charge is 0.490 e. The third-order valence-electron chi connectivity index (χ3n) is 5.53. The summed E-state index contributed by atoms with van der Waals surface area (Å²) in [4.78, 5) is 24.4. The van der Waals surface area contributed by atoms with Gasteiger partial charge in [0, 0.05) is 34.1 Å². The van der Waals surface area contributed by atoms with Gasteiger partial charge in [-0.05, 0) is 73.9 Å². The molecule has 0 saturated carbocycles. The zero-order valence-corrected chi connectivity index (χ0v) is 22.4. The van der Waals surface area contributed by atoms with Crippen molar-refractivity contribution in [3.8, 4) is 11.5 Å². The van der Waals surface area contributed by atoms with E-state index in [0.29, 0.717) is 33.7 Å². The molecule has 0 aliphatic carbocycles. The fraction of sp³-hybridized carbons (Fsp3) is 0.250. The zero-order chi connectivity index (χ0) is 26.8. The van der Waals surface area contributed by atoms with Crippen LogP contribution in [0, 0.1) is 13.8 Å². The van der Waals surface area contributed by atoms with Crippen molar-refractivity contribution in [2.75, 3.05) is 11.9 Å². The second kappa shape index (κ2) is 13.7. The second-order valence-electron chi connectivity index (χ2n) is 8.25. The molecule has 0 aliphatic heterocycles. The molecule has 3 aromatic carbocycles. The average molecular weight is 542 g/mol. The number of hydrogen-bond acceptors (Lipinski definition) is 5. The highest BCUT2D eigenvalue weighted by molar-refractivity contribution is 6.35. The quantitative estimate of drug-likeness (QED) is 0.215. The van der Waals surface area contributed by atoms with E-state index in [9.17, 15) is 9.59 Å².